The molecule has 0 amide bonds. The Morgan fingerprint density at radius 2 is 1.39 bits per heavy atom. The number of esters is 1. The molecular weight excluding hydrogens is 412 g/mol. The SMILES string of the molecule is CCCCCCCCCCOc1ccc(OC(=O)c2ccc(COCC(C)CC)cc2)cc1. The first-order chi connectivity index (χ1) is 16.1. The van der Waals surface area contributed by atoms with Crippen LogP contribution in [-0.4, -0.2) is 19.2 Å². The molecule has 2 aromatic rings. The number of carbonyl (C=O) groups excluding carboxylic acids is 1. The molecule has 182 valence electrons. The van der Waals surface area contributed by atoms with E-state index >= 15 is 0 Å². The maximum atomic E-state index is 12.4. The average Bonchev–Trinajstić information content (AvgIpc) is 2.84. The van der Waals surface area contributed by atoms with Crippen LogP contribution in [0.15, 0.2) is 48.5 Å². The fourth-order valence-corrected chi connectivity index (χ4v) is 3.43. The summed E-state index contributed by atoms with van der Waals surface area (Å²) in [6, 6.07) is 14.6. The molecule has 0 aliphatic heterocycles. The molecule has 0 spiro atoms. The highest BCUT2D eigenvalue weighted by atomic mass is 16.5. The monoisotopic (exact) mass is 454 g/mol. The first kappa shape index (κ1) is 26.9. The van der Waals surface area contributed by atoms with Crippen LogP contribution in [0.5, 0.6) is 11.5 Å². The van der Waals surface area contributed by atoms with Crippen LogP contribution in [-0.2, 0) is 11.3 Å². The first-order valence-corrected chi connectivity index (χ1v) is 12.7. The van der Waals surface area contributed by atoms with E-state index in [4.69, 9.17) is 14.2 Å². The lowest BCUT2D eigenvalue weighted by molar-refractivity contribution is 0.0734. The second-order valence-corrected chi connectivity index (χ2v) is 8.91. The van der Waals surface area contributed by atoms with Crippen molar-refractivity contribution in [3.8, 4) is 11.5 Å². The molecule has 0 aliphatic rings. The lowest BCUT2D eigenvalue weighted by Gasteiger charge is -2.10. The molecule has 0 heterocycles. The summed E-state index contributed by atoms with van der Waals surface area (Å²) in [5.74, 6) is 1.51. The van der Waals surface area contributed by atoms with Crippen molar-refractivity contribution in [3.05, 3.63) is 59.7 Å². The summed E-state index contributed by atoms with van der Waals surface area (Å²) in [5, 5.41) is 0. The predicted octanol–water partition coefficient (Wildman–Crippen LogP) is 7.99. The zero-order valence-electron chi connectivity index (χ0n) is 20.8. The summed E-state index contributed by atoms with van der Waals surface area (Å²) in [7, 11) is 0. The van der Waals surface area contributed by atoms with Crippen molar-refractivity contribution in [2.75, 3.05) is 13.2 Å². The molecule has 2 rings (SSSR count). The van der Waals surface area contributed by atoms with Gasteiger partial charge in [-0.2, -0.15) is 0 Å². The lowest BCUT2D eigenvalue weighted by atomic mass is 10.1. The Hall–Kier alpha value is -2.33. The lowest BCUT2D eigenvalue weighted by Crippen LogP contribution is -2.09. The quantitative estimate of drug-likeness (QED) is 0.138. The number of hydrogen-bond acceptors (Lipinski definition) is 4. The molecule has 0 N–H and O–H groups in total. The maximum Gasteiger partial charge on any atom is 0.343 e. The van der Waals surface area contributed by atoms with Gasteiger partial charge < -0.3 is 14.2 Å². The van der Waals surface area contributed by atoms with Crippen LogP contribution in [0.25, 0.3) is 0 Å². The molecule has 0 fully saturated rings. The van der Waals surface area contributed by atoms with Crippen molar-refractivity contribution in [3.63, 3.8) is 0 Å². The molecule has 0 saturated carbocycles. The van der Waals surface area contributed by atoms with E-state index in [0.717, 1.165) is 37.4 Å². The third-order valence-electron chi connectivity index (χ3n) is 5.86. The Balaban J connectivity index is 1.65. The van der Waals surface area contributed by atoms with Gasteiger partial charge in [0.05, 0.1) is 18.8 Å². The van der Waals surface area contributed by atoms with Crippen molar-refractivity contribution in [1.82, 2.24) is 0 Å². The van der Waals surface area contributed by atoms with Crippen molar-refractivity contribution < 1.29 is 19.0 Å². The Morgan fingerprint density at radius 3 is 2.03 bits per heavy atom. The summed E-state index contributed by atoms with van der Waals surface area (Å²) in [6.07, 6.45) is 11.4. The standard InChI is InChI=1S/C29H42O4/c1-4-6-7-8-9-10-11-12-21-32-27-17-19-28(20-18-27)33-29(30)26-15-13-25(14-16-26)23-31-22-24(3)5-2/h13-20,24H,4-12,21-23H2,1-3H3. The van der Waals surface area contributed by atoms with Crippen LogP contribution >= 0.6 is 0 Å². The number of hydrogen-bond donors (Lipinski definition) is 0. The van der Waals surface area contributed by atoms with Crippen LogP contribution in [0.3, 0.4) is 0 Å². The highest BCUT2D eigenvalue weighted by molar-refractivity contribution is 5.91. The Morgan fingerprint density at radius 1 is 0.788 bits per heavy atom. The van der Waals surface area contributed by atoms with E-state index in [0.29, 0.717) is 23.8 Å². The summed E-state index contributed by atoms with van der Waals surface area (Å²) < 4.78 is 17.0. The minimum absolute atomic E-state index is 0.366. The predicted molar refractivity (Wildman–Crippen MR) is 135 cm³/mol. The summed E-state index contributed by atoms with van der Waals surface area (Å²) in [4.78, 5) is 12.4. The van der Waals surface area contributed by atoms with E-state index in [1.54, 1.807) is 24.3 Å². The molecule has 4 nitrogen and oxygen atoms in total. The largest absolute Gasteiger partial charge is 0.494 e. The molecule has 1 unspecified atom stereocenters. The minimum Gasteiger partial charge on any atom is -0.494 e. The van der Waals surface area contributed by atoms with Gasteiger partial charge in [0.15, 0.2) is 0 Å². The molecule has 2 aromatic carbocycles. The van der Waals surface area contributed by atoms with Crippen molar-refractivity contribution in [2.24, 2.45) is 5.92 Å². The van der Waals surface area contributed by atoms with Gasteiger partial charge in [-0.15, -0.1) is 0 Å². The highest BCUT2D eigenvalue weighted by Gasteiger charge is 2.09. The third-order valence-corrected chi connectivity index (χ3v) is 5.86. The molecule has 4 heteroatoms. The fraction of sp³-hybridized carbons (Fsp3) is 0.552. The van der Waals surface area contributed by atoms with E-state index in [9.17, 15) is 4.79 Å². The maximum absolute atomic E-state index is 12.4. The van der Waals surface area contributed by atoms with E-state index in [2.05, 4.69) is 20.8 Å². The van der Waals surface area contributed by atoms with Crippen LogP contribution in [0.4, 0.5) is 0 Å². The summed E-state index contributed by atoms with van der Waals surface area (Å²) in [5.41, 5.74) is 1.57. The zero-order chi connectivity index (χ0) is 23.7. The molecule has 33 heavy (non-hydrogen) atoms. The second-order valence-electron chi connectivity index (χ2n) is 8.91. The van der Waals surface area contributed by atoms with Gasteiger partial charge in [0.25, 0.3) is 0 Å². The third kappa shape index (κ3) is 11.4. The van der Waals surface area contributed by atoms with Gasteiger partial charge in [-0.1, -0.05) is 84.3 Å². The van der Waals surface area contributed by atoms with Crippen molar-refractivity contribution in [2.45, 2.75) is 85.2 Å². The van der Waals surface area contributed by atoms with Gasteiger partial charge >= 0.3 is 5.97 Å². The number of unbranched alkanes of at least 4 members (excludes halogenated alkanes) is 7. The molecular formula is C29H42O4. The molecule has 0 aromatic heterocycles. The van der Waals surface area contributed by atoms with Gasteiger partial charge in [-0.25, -0.2) is 4.79 Å². The Kier molecular flexibility index (Phi) is 13.3. The van der Waals surface area contributed by atoms with Crippen LogP contribution < -0.4 is 9.47 Å². The second kappa shape index (κ2) is 16.3. The number of ether oxygens (including phenoxy) is 3. The summed E-state index contributed by atoms with van der Waals surface area (Å²) in [6.45, 7) is 8.61. The van der Waals surface area contributed by atoms with Gasteiger partial charge in [-0.05, 0) is 54.3 Å². The fourth-order valence-electron chi connectivity index (χ4n) is 3.43. The molecule has 0 radical (unpaired) electrons. The number of rotatable bonds is 17. The average molecular weight is 455 g/mol. The van der Waals surface area contributed by atoms with Gasteiger partial charge in [0, 0.05) is 6.61 Å². The normalized spacial score (nSPS) is 11.8. The molecule has 0 saturated heterocycles. The number of carbonyl (C=O) groups is 1. The van der Waals surface area contributed by atoms with E-state index in [-0.39, 0.29) is 5.97 Å². The minimum atomic E-state index is -0.366. The van der Waals surface area contributed by atoms with Gasteiger partial charge in [-0.3, -0.25) is 0 Å². The molecule has 0 aliphatic carbocycles. The van der Waals surface area contributed by atoms with Crippen molar-refractivity contribution in [1.29, 1.82) is 0 Å². The van der Waals surface area contributed by atoms with Crippen LogP contribution in [0, 0.1) is 5.92 Å². The first-order valence-electron chi connectivity index (χ1n) is 12.7. The topological polar surface area (TPSA) is 44.8 Å². The van der Waals surface area contributed by atoms with E-state index in [1.807, 2.05) is 24.3 Å². The van der Waals surface area contributed by atoms with Crippen LogP contribution in [0.2, 0.25) is 0 Å². The number of benzene rings is 2. The van der Waals surface area contributed by atoms with Gasteiger partial charge in [0.2, 0.25) is 0 Å². The molecule has 0 bridgehead atoms. The van der Waals surface area contributed by atoms with Gasteiger partial charge in [0.1, 0.15) is 11.5 Å². The van der Waals surface area contributed by atoms with Crippen molar-refractivity contribution >= 4 is 5.97 Å². The molecule has 1 atom stereocenters. The highest BCUT2D eigenvalue weighted by Crippen LogP contribution is 2.20. The zero-order valence-corrected chi connectivity index (χ0v) is 20.8. The van der Waals surface area contributed by atoms with Crippen LogP contribution in [0.1, 0.15) is 94.5 Å². The van der Waals surface area contributed by atoms with E-state index < -0.39 is 0 Å². The Labute approximate surface area is 200 Å². The smallest absolute Gasteiger partial charge is 0.343 e. The van der Waals surface area contributed by atoms with E-state index in [1.165, 1.54) is 44.9 Å². The summed E-state index contributed by atoms with van der Waals surface area (Å²) >= 11 is 0. The Bertz CT molecular complexity index is 767.